The minimum absolute atomic E-state index is 0.516. The summed E-state index contributed by atoms with van der Waals surface area (Å²) in [6, 6.07) is 18.3. The quantitative estimate of drug-likeness (QED) is 0.437. The molecule has 4 aromatic rings. The maximum Gasteiger partial charge on any atom is 0.328 e. The number of rotatable bonds is 6. The smallest absolute Gasteiger partial charge is 0.328 e. The number of aliphatic carboxylic acids is 2. The van der Waals surface area contributed by atoms with E-state index in [-0.39, 0.29) is 0 Å². The zero-order valence-electron chi connectivity index (χ0n) is 16.7. The van der Waals surface area contributed by atoms with Crippen molar-refractivity contribution in [1.29, 1.82) is 0 Å². The van der Waals surface area contributed by atoms with Crippen LogP contribution in [0.1, 0.15) is 11.1 Å². The van der Waals surface area contributed by atoms with E-state index in [0.29, 0.717) is 22.6 Å². The molecule has 32 heavy (non-hydrogen) atoms. The number of benzene rings is 2. The summed E-state index contributed by atoms with van der Waals surface area (Å²) in [4.78, 5) is 35.3. The Morgan fingerprint density at radius 1 is 0.688 bits per heavy atom. The highest BCUT2D eigenvalue weighted by Crippen LogP contribution is 2.31. The largest absolute Gasteiger partial charge is 0.478 e. The van der Waals surface area contributed by atoms with Crippen LogP contribution in [0.3, 0.4) is 0 Å². The number of carboxylic acid groups (broad SMARTS) is 2. The van der Waals surface area contributed by atoms with Crippen LogP contribution in [-0.2, 0) is 9.59 Å². The fourth-order valence-electron chi connectivity index (χ4n) is 3.14. The number of hydrogen-bond donors (Lipinski definition) is 2. The van der Waals surface area contributed by atoms with Crippen molar-refractivity contribution in [3.63, 3.8) is 0 Å². The molecule has 4 rings (SSSR count). The third kappa shape index (κ3) is 4.73. The number of carbonyl (C=O) groups is 2. The molecular weight excluding hydrogens is 406 g/mol. The maximum absolute atomic E-state index is 10.7. The second-order valence-corrected chi connectivity index (χ2v) is 6.85. The molecule has 0 fully saturated rings. The van der Waals surface area contributed by atoms with E-state index in [9.17, 15) is 9.59 Å². The molecule has 0 bridgehead atoms. The molecule has 0 atom stereocenters. The van der Waals surface area contributed by atoms with Crippen molar-refractivity contribution in [2.24, 2.45) is 0 Å². The summed E-state index contributed by atoms with van der Waals surface area (Å²) < 4.78 is 0. The Morgan fingerprint density at radius 2 is 1.19 bits per heavy atom. The van der Waals surface area contributed by atoms with E-state index >= 15 is 0 Å². The van der Waals surface area contributed by atoms with Crippen molar-refractivity contribution in [2.45, 2.75) is 0 Å². The van der Waals surface area contributed by atoms with Crippen molar-refractivity contribution in [3.05, 3.63) is 90.1 Å². The van der Waals surface area contributed by atoms with Crippen molar-refractivity contribution in [3.8, 4) is 22.5 Å². The molecule has 7 heteroatoms. The molecule has 2 aromatic heterocycles. The van der Waals surface area contributed by atoms with Crippen LogP contribution < -0.4 is 0 Å². The number of hydrogen-bond acceptors (Lipinski definition) is 5. The van der Waals surface area contributed by atoms with Gasteiger partial charge in [-0.25, -0.2) is 24.5 Å². The molecule has 0 unspecified atom stereocenters. The highest BCUT2D eigenvalue weighted by atomic mass is 16.4. The van der Waals surface area contributed by atoms with Gasteiger partial charge >= 0.3 is 11.9 Å². The highest BCUT2D eigenvalue weighted by molar-refractivity contribution is 5.87. The topological polar surface area (TPSA) is 113 Å². The molecule has 2 N–H and O–H groups in total. The van der Waals surface area contributed by atoms with Gasteiger partial charge in [-0.1, -0.05) is 48.5 Å². The van der Waals surface area contributed by atoms with E-state index in [1.807, 2.05) is 54.6 Å². The normalized spacial score (nSPS) is 11.4. The highest BCUT2D eigenvalue weighted by Gasteiger charge is 2.14. The standard InChI is InChI=1S/C25H17N3O4/c29-21(30)13-7-16-3-9-18(10-4-16)23-24(28-25-20(27-23)2-1-15-26-25)19-11-5-17(6-12-19)8-14-22(31)32/h1-15H,(H,29,30)(H,31,32)/b13-7+,14-8+. The predicted molar refractivity (Wildman–Crippen MR) is 122 cm³/mol. The summed E-state index contributed by atoms with van der Waals surface area (Å²) in [5.74, 6) is -2.02. The Morgan fingerprint density at radius 3 is 1.69 bits per heavy atom. The Balaban J connectivity index is 1.79. The molecule has 0 saturated carbocycles. The van der Waals surface area contributed by atoms with Crippen LogP contribution in [0.15, 0.2) is 79.0 Å². The third-order valence-electron chi connectivity index (χ3n) is 4.65. The van der Waals surface area contributed by atoms with Crippen LogP contribution in [-0.4, -0.2) is 37.1 Å². The van der Waals surface area contributed by atoms with Gasteiger partial charge in [-0.3, -0.25) is 0 Å². The third-order valence-corrected chi connectivity index (χ3v) is 4.65. The van der Waals surface area contributed by atoms with Gasteiger partial charge in [0.2, 0.25) is 0 Å². The first-order valence-corrected chi connectivity index (χ1v) is 9.65. The zero-order chi connectivity index (χ0) is 22.5. The van der Waals surface area contributed by atoms with E-state index in [0.717, 1.165) is 34.4 Å². The molecule has 0 saturated heterocycles. The lowest BCUT2D eigenvalue weighted by Gasteiger charge is -2.11. The maximum atomic E-state index is 10.7. The average Bonchev–Trinajstić information content (AvgIpc) is 2.81. The molecular formula is C25H17N3O4. The fourth-order valence-corrected chi connectivity index (χ4v) is 3.14. The first-order valence-electron chi connectivity index (χ1n) is 9.65. The lowest BCUT2D eigenvalue weighted by Crippen LogP contribution is -1.97. The SMILES string of the molecule is O=C(O)/C=C/c1ccc(-c2nc3cccnc3nc2-c2ccc(/C=C/C(=O)O)cc2)cc1. The zero-order valence-corrected chi connectivity index (χ0v) is 16.7. The second-order valence-electron chi connectivity index (χ2n) is 6.85. The van der Waals surface area contributed by atoms with E-state index in [1.54, 1.807) is 12.3 Å². The van der Waals surface area contributed by atoms with Gasteiger partial charge in [-0.15, -0.1) is 0 Å². The number of carboxylic acids is 2. The van der Waals surface area contributed by atoms with Gasteiger partial charge in [-0.05, 0) is 35.4 Å². The summed E-state index contributed by atoms with van der Waals surface area (Å²) >= 11 is 0. The average molecular weight is 423 g/mol. The lowest BCUT2D eigenvalue weighted by atomic mass is 10.0. The molecule has 0 aliphatic heterocycles. The van der Waals surface area contributed by atoms with Gasteiger partial charge < -0.3 is 10.2 Å². The summed E-state index contributed by atoms with van der Waals surface area (Å²) in [5, 5.41) is 17.6. The molecule has 2 aromatic carbocycles. The molecule has 0 radical (unpaired) electrons. The van der Waals surface area contributed by atoms with Crippen LogP contribution >= 0.6 is 0 Å². The van der Waals surface area contributed by atoms with Gasteiger partial charge in [0.1, 0.15) is 5.52 Å². The van der Waals surface area contributed by atoms with Crippen molar-refractivity contribution >= 4 is 35.3 Å². The Bertz CT molecular complexity index is 1250. The molecule has 0 aliphatic carbocycles. The summed E-state index contributed by atoms with van der Waals surface area (Å²) in [6.07, 6.45) is 6.86. The second kappa shape index (κ2) is 9.01. The molecule has 0 spiro atoms. The fraction of sp³-hybridized carbons (Fsp3) is 0. The van der Waals surface area contributed by atoms with Crippen LogP contribution in [0.25, 0.3) is 45.8 Å². The van der Waals surface area contributed by atoms with E-state index < -0.39 is 11.9 Å². The van der Waals surface area contributed by atoms with E-state index in [4.69, 9.17) is 20.2 Å². The Hall–Kier alpha value is -4.65. The predicted octanol–water partition coefficient (Wildman–Crippen LogP) is 4.55. The minimum Gasteiger partial charge on any atom is -0.478 e. The van der Waals surface area contributed by atoms with Gasteiger partial charge in [0.15, 0.2) is 5.65 Å². The molecule has 156 valence electrons. The minimum atomic E-state index is -1.01. The van der Waals surface area contributed by atoms with E-state index in [2.05, 4.69) is 4.98 Å². The van der Waals surface area contributed by atoms with Crippen molar-refractivity contribution < 1.29 is 19.8 Å². The Kier molecular flexibility index (Phi) is 5.81. The van der Waals surface area contributed by atoms with Crippen LogP contribution in [0.4, 0.5) is 0 Å². The number of aromatic nitrogens is 3. The van der Waals surface area contributed by atoms with E-state index in [1.165, 1.54) is 12.2 Å². The number of pyridine rings is 1. The molecule has 2 heterocycles. The Labute approximate surface area is 183 Å². The monoisotopic (exact) mass is 423 g/mol. The van der Waals surface area contributed by atoms with Gasteiger partial charge in [0.05, 0.1) is 11.4 Å². The lowest BCUT2D eigenvalue weighted by molar-refractivity contribution is -0.132. The van der Waals surface area contributed by atoms with Crippen LogP contribution in [0.5, 0.6) is 0 Å². The first-order chi connectivity index (χ1) is 15.5. The van der Waals surface area contributed by atoms with Crippen molar-refractivity contribution in [2.75, 3.05) is 0 Å². The van der Waals surface area contributed by atoms with Crippen LogP contribution in [0, 0.1) is 0 Å². The van der Waals surface area contributed by atoms with Gasteiger partial charge in [0, 0.05) is 29.5 Å². The molecule has 0 aliphatic rings. The van der Waals surface area contributed by atoms with Crippen LogP contribution in [0.2, 0.25) is 0 Å². The van der Waals surface area contributed by atoms with Crippen molar-refractivity contribution in [1.82, 2.24) is 15.0 Å². The van der Waals surface area contributed by atoms with Gasteiger partial charge in [-0.2, -0.15) is 0 Å². The molecule has 0 amide bonds. The summed E-state index contributed by atoms with van der Waals surface area (Å²) in [7, 11) is 0. The van der Waals surface area contributed by atoms with Gasteiger partial charge in [0.25, 0.3) is 0 Å². The first kappa shape index (κ1) is 20.6. The summed E-state index contributed by atoms with van der Waals surface area (Å²) in [6.45, 7) is 0. The number of fused-ring (bicyclic) bond motifs is 1. The molecule has 7 nitrogen and oxygen atoms in total. The number of nitrogens with zero attached hydrogens (tertiary/aromatic N) is 3. The summed E-state index contributed by atoms with van der Waals surface area (Å²) in [5.41, 5.74) is 5.60.